The van der Waals surface area contributed by atoms with E-state index in [0.717, 1.165) is 5.56 Å². The van der Waals surface area contributed by atoms with Crippen LogP contribution in [0.2, 0.25) is 0 Å². The summed E-state index contributed by atoms with van der Waals surface area (Å²) in [5.41, 5.74) is 2.30. The SMILES string of the molecule is O=C1c2c(ccn(Cc3ccccc3)c2=O)-n2cccc21. The van der Waals surface area contributed by atoms with Crippen LogP contribution in [-0.4, -0.2) is 14.9 Å². The maximum Gasteiger partial charge on any atom is 0.264 e. The third-order valence-electron chi connectivity index (χ3n) is 3.81. The number of hydrogen-bond acceptors (Lipinski definition) is 2. The molecule has 4 nitrogen and oxygen atoms in total. The average Bonchev–Trinajstić information content (AvgIpc) is 3.07. The van der Waals surface area contributed by atoms with Gasteiger partial charge in [-0.2, -0.15) is 0 Å². The molecule has 0 saturated heterocycles. The van der Waals surface area contributed by atoms with E-state index in [2.05, 4.69) is 0 Å². The molecule has 0 unspecified atom stereocenters. The van der Waals surface area contributed by atoms with E-state index in [-0.39, 0.29) is 16.9 Å². The molecule has 1 aliphatic rings. The zero-order chi connectivity index (χ0) is 14.4. The number of pyridine rings is 1. The zero-order valence-corrected chi connectivity index (χ0v) is 11.2. The highest BCUT2D eigenvalue weighted by atomic mass is 16.1. The van der Waals surface area contributed by atoms with Crippen molar-refractivity contribution in [2.24, 2.45) is 0 Å². The summed E-state index contributed by atoms with van der Waals surface area (Å²) in [6, 6.07) is 15.1. The van der Waals surface area contributed by atoms with E-state index in [1.807, 2.05) is 42.5 Å². The van der Waals surface area contributed by atoms with Crippen molar-refractivity contribution in [2.45, 2.75) is 6.54 Å². The smallest absolute Gasteiger partial charge is 0.264 e. The highest BCUT2D eigenvalue weighted by molar-refractivity contribution is 6.13. The van der Waals surface area contributed by atoms with Gasteiger partial charge < -0.3 is 9.13 Å². The highest BCUT2D eigenvalue weighted by Crippen LogP contribution is 2.25. The monoisotopic (exact) mass is 276 g/mol. The van der Waals surface area contributed by atoms with Crippen LogP contribution in [0.5, 0.6) is 0 Å². The van der Waals surface area contributed by atoms with E-state index in [4.69, 9.17) is 0 Å². The van der Waals surface area contributed by atoms with E-state index in [0.29, 0.717) is 17.9 Å². The Labute approximate surface area is 120 Å². The third-order valence-corrected chi connectivity index (χ3v) is 3.81. The van der Waals surface area contributed by atoms with Gasteiger partial charge in [-0.3, -0.25) is 9.59 Å². The Morgan fingerprint density at radius 1 is 0.857 bits per heavy atom. The number of aromatic nitrogens is 2. The van der Waals surface area contributed by atoms with Crippen molar-refractivity contribution in [2.75, 3.05) is 0 Å². The van der Waals surface area contributed by atoms with Gasteiger partial charge in [-0.25, -0.2) is 0 Å². The van der Waals surface area contributed by atoms with Crippen LogP contribution in [0.25, 0.3) is 5.69 Å². The summed E-state index contributed by atoms with van der Waals surface area (Å²) in [4.78, 5) is 24.9. The second-order valence-corrected chi connectivity index (χ2v) is 5.09. The Kier molecular flexibility index (Phi) is 2.44. The zero-order valence-electron chi connectivity index (χ0n) is 11.2. The molecule has 0 fully saturated rings. The summed E-state index contributed by atoms with van der Waals surface area (Å²) in [5, 5.41) is 0. The van der Waals surface area contributed by atoms with Crippen molar-refractivity contribution in [3.05, 3.63) is 88.1 Å². The van der Waals surface area contributed by atoms with Crippen molar-refractivity contribution in [1.29, 1.82) is 0 Å². The lowest BCUT2D eigenvalue weighted by Gasteiger charge is -2.08. The largest absolute Gasteiger partial charge is 0.313 e. The van der Waals surface area contributed by atoms with Gasteiger partial charge in [-0.15, -0.1) is 0 Å². The van der Waals surface area contributed by atoms with Gasteiger partial charge in [0, 0.05) is 12.4 Å². The van der Waals surface area contributed by atoms with E-state index in [1.54, 1.807) is 27.6 Å². The van der Waals surface area contributed by atoms with Crippen molar-refractivity contribution >= 4 is 5.78 Å². The molecule has 0 bridgehead atoms. The van der Waals surface area contributed by atoms with Gasteiger partial charge in [-0.05, 0) is 23.8 Å². The summed E-state index contributed by atoms with van der Waals surface area (Å²) in [5.74, 6) is -0.192. The van der Waals surface area contributed by atoms with Crippen molar-refractivity contribution < 1.29 is 4.79 Å². The molecule has 4 rings (SSSR count). The molecule has 0 radical (unpaired) electrons. The van der Waals surface area contributed by atoms with Gasteiger partial charge in [0.1, 0.15) is 5.56 Å². The molecule has 0 atom stereocenters. The standard InChI is InChI=1S/C17H12N2O2/c20-16-14-7-4-9-19(14)13-8-10-18(17(21)15(13)16)11-12-5-2-1-3-6-12/h1-10H,11H2. The molecule has 102 valence electrons. The van der Waals surface area contributed by atoms with Gasteiger partial charge in [0.05, 0.1) is 17.9 Å². The molecule has 2 aromatic heterocycles. The lowest BCUT2D eigenvalue weighted by molar-refractivity contribution is 0.103. The fourth-order valence-electron chi connectivity index (χ4n) is 2.79. The Morgan fingerprint density at radius 3 is 2.48 bits per heavy atom. The van der Waals surface area contributed by atoms with Crippen molar-refractivity contribution in [1.82, 2.24) is 9.13 Å². The second kappa shape index (κ2) is 4.31. The summed E-state index contributed by atoms with van der Waals surface area (Å²) >= 11 is 0. The number of hydrogen-bond donors (Lipinski definition) is 0. The molecule has 1 aromatic carbocycles. The van der Waals surface area contributed by atoms with Crippen LogP contribution < -0.4 is 5.56 Å². The van der Waals surface area contributed by atoms with Gasteiger partial charge >= 0.3 is 0 Å². The molecule has 4 heteroatoms. The second-order valence-electron chi connectivity index (χ2n) is 5.09. The van der Waals surface area contributed by atoms with Gasteiger partial charge in [0.15, 0.2) is 0 Å². The van der Waals surface area contributed by atoms with Crippen LogP contribution in [0.1, 0.15) is 21.6 Å². The number of rotatable bonds is 2. The van der Waals surface area contributed by atoms with E-state index in [9.17, 15) is 9.59 Å². The summed E-state index contributed by atoms with van der Waals surface area (Å²) in [7, 11) is 0. The third kappa shape index (κ3) is 1.69. The fourth-order valence-corrected chi connectivity index (χ4v) is 2.79. The summed E-state index contributed by atoms with van der Waals surface area (Å²) < 4.78 is 3.35. The van der Waals surface area contributed by atoms with Crippen molar-refractivity contribution in [3.8, 4) is 5.69 Å². The summed E-state index contributed by atoms with van der Waals surface area (Å²) in [6.45, 7) is 0.467. The van der Waals surface area contributed by atoms with E-state index >= 15 is 0 Å². The molecule has 0 spiro atoms. The van der Waals surface area contributed by atoms with Crippen LogP contribution in [0.15, 0.2) is 65.7 Å². The van der Waals surface area contributed by atoms with Crippen LogP contribution >= 0.6 is 0 Å². The minimum absolute atomic E-state index is 0.192. The highest BCUT2D eigenvalue weighted by Gasteiger charge is 2.29. The number of carbonyl (C=O) groups excluding carboxylic acids is 1. The summed E-state index contributed by atoms with van der Waals surface area (Å²) in [6.07, 6.45) is 3.55. The molecule has 3 heterocycles. The maximum atomic E-state index is 12.6. The Hall–Kier alpha value is -2.88. The number of fused-ring (bicyclic) bond motifs is 3. The fraction of sp³-hybridized carbons (Fsp3) is 0.0588. The topological polar surface area (TPSA) is 44.0 Å². The molecule has 0 N–H and O–H groups in total. The molecule has 0 saturated carbocycles. The lowest BCUT2D eigenvalue weighted by Crippen LogP contribution is -2.25. The van der Waals surface area contributed by atoms with Crippen LogP contribution in [0, 0.1) is 0 Å². The van der Waals surface area contributed by atoms with E-state index < -0.39 is 0 Å². The molecular formula is C17H12N2O2. The first kappa shape index (κ1) is 11.9. The minimum Gasteiger partial charge on any atom is -0.313 e. The van der Waals surface area contributed by atoms with Crippen LogP contribution in [0.4, 0.5) is 0 Å². The quantitative estimate of drug-likeness (QED) is 0.563. The Balaban J connectivity index is 1.83. The lowest BCUT2D eigenvalue weighted by atomic mass is 10.1. The van der Waals surface area contributed by atoms with Gasteiger partial charge in [0.2, 0.25) is 5.78 Å². The number of benzene rings is 1. The molecule has 0 amide bonds. The molecule has 0 aliphatic carbocycles. The minimum atomic E-state index is -0.231. The first-order chi connectivity index (χ1) is 10.3. The van der Waals surface area contributed by atoms with Crippen molar-refractivity contribution in [3.63, 3.8) is 0 Å². The molecule has 21 heavy (non-hydrogen) atoms. The first-order valence-corrected chi connectivity index (χ1v) is 6.75. The van der Waals surface area contributed by atoms with E-state index in [1.165, 1.54) is 0 Å². The van der Waals surface area contributed by atoms with Crippen LogP contribution in [-0.2, 0) is 6.54 Å². The molecule has 1 aliphatic heterocycles. The first-order valence-electron chi connectivity index (χ1n) is 6.75. The normalized spacial score (nSPS) is 12.3. The predicted octanol–water partition coefficient (Wildman–Crippen LogP) is 2.23. The maximum absolute atomic E-state index is 12.6. The van der Waals surface area contributed by atoms with Gasteiger partial charge in [0.25, 0.3) is 5.56 Å². The van der Waals surface area contributed by atoms with Gasteiger partial charge in [-0.1, -0.05) is 30.3 Å². The molecule has 3 aromatic rings. The number of carbonyl (C=O) groups is 1. The Bertz CT molecular complexity index is 904. The Morgan fingerprint density at radius 2 is 1.67 bits per heavy atom. The molecular weight excluding hydrogens is 264 g/mol. The average molecular weight is 276 g/mol. The predicted molar refractivity (Wildman–Crippen MR) is 79.0 cm³/mol. The van der Waals surface area contributed by atoms with Crippen LogP contribution in [0.3, 0.4) is 0 Å². The number of ketones is 1. The number of nitrogens with zero attached hydrogens (tertiary/aromatic N) is 2.